The molecule has 0 bridgehead atoms. The minimum Gasteiger partial charge on any atom is -0.370 e. The molecule has 1 aliphatic rings. The maximum Gasteiger partial charge on any atom is 0.411 e. The number of ether oxygens (including phenoxy) is 1. The van der Waals surface area contributed by atoms with Crippen LogP contribution >= 0.6 is 24.0 Å². The summed E-state index contributed by atoms with van der Waals surface area (Å²) in [6, 6.07) is 13.3. The number of fused-ring (bicyclic) bond motifs is 1. The topological polar surface area (TPSA) is 59.6 Å². The van der Waals surface area contributed by atoms with E-state index < -0.39 is 12.8 Å². The highest BCUT2D eigenvalue weighted by molar-refractivity contribution is 14.0. The minimum absolute atomic E-state index is 0. The van der Waals surface area contributed by atoms with Crippen LogP contribution in [0.15, 0.2) is 47.5 Å². The summed E-state index contributed by atoms with van der Waals surface area (Å²) in [5.41, 5.74) is 11.3. The van der Waals surface area contributed by atoms with E-state index in [1.807, 2.05) is 24.3 Å². The molecule has 0 atom stereocenters. The molecule has 0 radical (unpaired) electrons. The van der Waals surface area contributed by atoms with Crippen LogP contribution in [0.5, 0.6) is 0 Å². The molecule has 0 saturated heterocycles. The van der Waals surface area contributed by atoms with Crippen molar-refractivity contribution >= 4 is 35.6 Å². The maximum atomic E-state index is 12.1. The van der Waals surface area contributed by atoms with Crippen LogP contribution in [0.1, 0.15) is 35.1 Å². The zero-order valence-corrected chi connectivity index (χ0v) is 18.3. The second kappa shape index (κ2) is 10.8. The van der Waals surface area contributed by atoms with E-state index in [9.17, 15) is 13.2 Å². The molecule has 3 rings (SSSR count). The Bertz CT molecular complexity index is 823. The summed E-state index contributed by atoms with van der Waals surface area (Å²) in [7, 11) is 0. The Balaban J connectivity index is 0.00000300. The summed E-state index contributed by atoms with van der Waals surface area (Å²) in [6.45, 7) is -0.937. The average Bonchev–Trinajstić information content (AvgIpc) is 2.67. The highest BCUT2D eigenvalue weighted by Gasteiger charge is 2.27. The maximum absolute atomic E-state index is 12.1. The Morgan fingerprint density at radius 3 is 2.45 bits per heavy atom. The summed E-state index contributed by atoms with van der Waals surface area (Å²) >= 11 is 0. The molecule has 4 nitrogen and oxygen atoms in total. The number of aliphatic imine (C=N–C) groups is 1. The minimum atomic E-state index is -4.31. The van der Waals surface area contributed by atoms with Gasteiger partial charge < -0.3 is 15.8 Å². The number of halogens is 4. The van der Waals surface area contributed by atoms with Gasteiger partial charge in [-0.2, -0.15) is 13.2 Å². The second-order valence-corrected chi connectivity index (χ2v) is 6.90. The van der Waals surface area contributed by atoms with Crippen LogP contribution in [-0.2, 0) is 30.7 Å². The first kappa shape index (κ1) is 23.5. The number of anilines is 1. The lowest BCUT2D eigenvalue weighted by Gasteiger charge is -2.19. The Hall–Kier alpha value is -1.81. The van der Waals surface area contributed by atoms with E-state index in [0.717, 1.165) is 24.1 Å². The van der Waals surface area contributed by atoms with Gasteiger partial charge in [0.25, 0.3) is 0 Å². The zero-order chi connectivity index (χ0) is 20.0. The monoisotopic (exact) mass is 519 g/mol. The fourth-order valence-electron chi connectivity index (χ4n) is 3.28. The van der Waals surface area contributed by atoms with E-state index in [1.165, 1.54) is 24.0 Å². The van der Waals surface area contributed by atoms with Gasteiger partial charge in [-0.15, -0.1) is 24.0 Å². The first-order valence-electron chi connectivity index (χ1n) is 9.31. The molecule has 0 saturated carbocycles. The highest BCUT2D eigenvalue weighted by atomic mass is 127. The Kier molecular flexibility index (Phi) is 8.76. The lowest BCUT2D eigenvalue weighted by atomic mass is 9.90. The van der Waals surface area contributed by atoms with E-state index in [0.29, 0.717) is 18.1 Å². The SMILES string of the molecule is I.NC(=NCc1ccc(COCC(F)(F)F)cc1)Nc1cccc2c1CCCC2. The Morgan fingerprint density at radius 2 is 1.72 bits per heavy atom. The number of hydrogen-bond donors (Lipinski definition) is 2. The lowest BCUT2D eigenvalue weighted by Crippen LogP contribution is -2.24. The van der Waals surface area contributed by atoms with Gasteiger partial charge in [0.15, 0.2) is 5.96 Å². The van der Waals surface area contributed by atoms with Gasteiger partial charge in [-0.3, -0.25) is 0 Å². The van der Waals surface area contributed by atoms with Gasteiger partial charge in [0.05, 0.1) is 13.2 Å². The molecule has 29 heavy (non-hydrogen) atoms. The quantitative estimate of drug-likeness (QED) is 0.314. The van der Waals surface area contributed by atoms with Crippen molar-refractivity contribution in [3.05, 3.63) is 64.7 Å². The molecular formula is C21H25F3IN3O. The van der Waals surface area contributed by atoms with E-state index in [-0.39, 0.29) is 30.6 Å². The van der Waals surface area contributed by atoms with Gasteiger partial charge in [0.1, 0.15) is 6.61 Å². The standard InChI is InChI=1S/C21H24F3N3O.HI/c22-21(23,24)14-28-13-16-10-8-15(9-11-16)12-26-20(25)27-19-7-3-5-17-4-1-2-6-18(17)19;/h3,5,7-11H,1-2,4,6,12-14H2,(H3,25,26,27);1H. The van der Waals surface area contributed by atoms with Gasteiger partial charge >= 0.3 is 6.18 Å². The van der Waals surface area contributed by atoms with Crippen molar-refractivity contribution < 1.29 is 17.9 Å². The molecule has 2 aromatic rings. The van der Waals surface area contributed by atoms with Crippen molar-refractivity contribution in [2.45, 2.75) is 45.0 Å². The Labute approximate surface area is 185 Å². The van der Waals surface area contributed by atoms with Crippen molar-refractivity contribution in [3.8, 4) is 0 Å². The fraction of sp³-hybridized carbons (Fsp3) is 0.381. The first-order valence-corrected chi connectivity index (χ1v) is 9.31. The Morgan fingerprint density at radius 1 is 1.03 bits per heavy atom. The molecule has 0 fully saturated rings. The van der Waals surface area contributed by atoms with Crippen LogP contribution in [0, 0.1) is 0 Å². The predicted molar refractivity (Wildman–Crippen MR) is 120 cm³/mol. The molecule has 0 amide bonds. The average molecular weight is 519 g/mol. The molecule has 158 valence electrons. The summed E-state index contributed by atoms with van der Waals surface area (Å²) in [5, 5.41) is 3.19. The van der Waals surface area contributed by atoms with Crippen LogP contribution in [0.2, 0.25) is 0 Å². The van der Waals surface area contributed by atoms with Crippen molar-refractivity contribution in [3.63, 3.8) is 0 Å². The van der Waals surface area contributed by atoms with Crippen LogP contribution in [-0.4, -0.2) is 18.7 Å². The van der Waals surface area contributed by atoms with Gasteiger partial charge in [-0.05, 0) is 54.0 Å². The summed E-state index contributed by atoms with van der Waals surface area (Å²) in [4.78, 5) is 4.37. The molecule has 3 N–H and O–H groups in total. The van der Waals surface area contributed by atoms with Gasteiger partial charge in [0, 0.05) is 5.69 Å². The van der Waals surface area contributed by atoms with E-state index in [1.54, 1.807) is 12.1 Å². The predicted octanol–water partition coefficient (Wildman–Crippen LogP) is 5.19. The fourth-order valence-corrected chi connectivity index (χ4v) is 3.28. The first-order chi connectivity index (χ1) is 13.4. The molecule has 0 heterocycles. The third-order valence-corrected chi connectivity index (χ3v) is 4.65. The van der Waals surface area contributed by atoms with E-state index in [2.05, 4.69) is 21.1 Å². The number of aryl methyl sites for hydroxylation is 1. The smallest absolute Gasteiger partial charge is 0.370 e. The largest absolute Gasteiger partial charge is 0.411 e. The van der Waals surface area contributed by atoms with Crippen molar-refractivity contribution in [1.29, 1.82) is 0 Å². The van der Waals surface area contributed by atoms with Gasteiger partial charge in [0.2, 0.25) is 0 Å². The molecule has 0 spiro atoms. The second-order valence-electron chi connectivity index (χ2n) is 6.90. The molecule has 0 aromatic heterocycles. The van der Waals surface area contributed by atoms with Crippen molar-refractivity contribution in [2.75, 3.05) is 11.9 Å². The zero-order valence-electron chi connectivity index (χ0n) is 16.0. The molecular weight excluding hydrogens is 494 g/mol. The van der Waals surface area contributed by atoms with Crippen LogP contribution in [0.4, 0.5) is 18.9 Å². The number of rotatable bonds is 6. The number of alkyl halides is 3. The molecule has 2 aromatic carbocycles. The number of nitrogens with one attached hydrogen (secondary N) is 1. The van der Waals surface area contributed by atoms with Crippen LogP contribution in [0.3, 0.4) is 0 Å². The number of guanidine groups is 1. The van der Waals surface area contributed by atoms with E-state index in [4.69, 9.17) is 5.73 Å². The van der Waals surface area contributed by atoms with Crippen molar-refractivity contribution in [2.24, 2.45) is 10.7 Å². The van der Waals surface area contributed by atoms with Gasteiger partial charge in [-0.1, -0.05) is 36.4 Å². The third-order valence-electron chi connectivity index (χ3n) is 4.65. The molecule has 0 aliphatic heterocycles. The highest BCUT2D eigenvalue weighted by Crippen LogP contribution is 2.27. The summed E-state index contributed by atoms with van der Waals surface area (Å²) in [6.07, 6.45) is 0.237. The number of nitrogens with two attached hydrogens (primary N) is 1. The summed E-state index contributed by atoms with van der Waals surface area (Å²) in [5.74, 6) is 0.344. The number of benzene rings is 2. The molecule has 8 heteroatoms. The molecule has 0 unspecified atom stereocenters. The normalized spacial score (nSPS) is 14.1. The lowest BCUT2D eigenvalue weighted by molar-refractivity contribution is -0.176. The van der Waals surface area contributed by atoms with Crippen LogP contribution < -0.4 is 11.1 Å². The van der Waals surface area contributed by atoms with Crippen molar-refractivity contribution in [1.82, 2.24) is 0 Å². The van der Waals surface area contributed by atoms with Gasteiger partial charge in [-0.25, -0.2) is 4.99 Å². The summed E-state index contributed by atoms with van der Waals surface area (Å²) < 4.78 is 40.9. The third kappa shape index (κ3) is 7.50. The molecule has 1 aliphatic carbocycles. The number of hydrogen-bond acceptors (Lipinski definition) is 2. The number of nitrogens with zero attached hydrogens (tertiary/aromatic N) is 1. The van der Waals surface area contributed by atoms with E-state index >= 15 is 0 Å². The van der Waals surface area contributed by atoms with Crippen LogP contribution in [0.25, 0.3) is 0 Å².